The van der Waals surface area contributed by atoms with Gasteiger partial charge < -0.3 is 9.64 Å². The van der Waals surface area contributed by atoms with Crippen molar-refractivity contribution in [3.05, 3.63) is 42.0 Å². The molecule has 1 fully saturated rings. The molecule has 0 atom stereocenters. The van der Waals surface area contributed by atoms with Crippen molar-refractivity contribution in [1.82, 2.24) is 29.7 Å². The number of nitrogens with zero attached hydrogens (tertiary/aromatic N) is 7. The van der Waals surface area contributed by atoms with Crippen LogP contribution in [0.5, 0.6) is 5.88 Å². The highest BCUT2D eigenvalue weighted by atomic mass is 16.5. The van der Waals surface area contributed by atoms with E-state index in [1.807, 2.05) is 42.9 Å². The lowest BCUT2D eigenvalue weighted by atomic mass is 10.3. The van der Waals surface area contributed by atoms with Gasteiger partial charge in [-0.25, -0.2) is 9.50 Å². The van der Waals surface area contributed by atoms with Crippen LogP contribution < -0.4 is 9.64 Å². The summed E-state index contributed by atoms with van der Waals surface area (Å²) >= 11 is 0. The van der Waals surface area contributed by atoms with Gasteiger partial charge in [0.2, 0.25) is 5.88 Å². The fourth-order valence-corrected chi connectivity index (χ4v) is 3.20. The Bertz CT molecular complexity index is 869. The van der Waals surface area contributed by atoms with E-state index in [1.165, 1.54) is 0 Å². The normalized spacial score (nSPS) is 15.5. The van der Waals surface area contributed by atoms with E-state index in [-0.39, 0.29) is 0 Å². The average Bonchev–Trinajstić information content (AvgIpc) is 3.04. The summed E-state index contributed by atoms with van der Waals surface area (Å²) in [6.07, 6.45) is 3.71. The van der Waals surface area contributed by atoms with E-state index in [9.17, 15) is 0 Å². The van der Waals surface area contributed by atoms with Gasteiger partial charge in [0.25, 0.3) is 0 Å². The molecule has 1 aliphatic rings. The highest BCUT2D eigenvalue weighted by Crippen LogP contribution is 2.20. The molecule has 8 heteroatoms. The van der Waals surface area contributed by atoms with Crippen LogP contribution >= 0.6 is 0 Å². The van der Waals surface area contributed by atoms with E-state index in [0.29, 0.717) is 12.5 Å². The number of rotatable bonds is 5. The Labute approximate surface area is 152 Å². The van der Waals surface area contributed by atoms with Crippen LogP contribution in [-0.2, 0) is 0 Å². The molecule has 0 aromatic carbocycles. The minimum absolute atomic E-state index is 0.584. The van der Waals surface area contributed by atoms with Gasteiger partial charge in [0.15, 0.2) is 5.82 Å². The Balaban J connectivity index is 1.30. The predicted octanol–water partition coefficient (Wildman–Crippen LogP) is 1.34. The van der Waals surface area contributed by atoms with Crippen molar-refractivity contribution in [3.63, 3.8) is 0 Å². The van der Waals surface area contributed by atoms with Crippen LogP contribution in [0.1, 0.15) is 11.4 Å². The first kappa shape index (κ1) is 16.7. The molecule has 0 radical (unpaired) electrons. The standard InChI is InChI=1S/C18H23N7O/c1-14-3-4-17(21-20-14)26-12-11-23-7-9-24(10-8-23)18-16-13-15(2)22-25(16)6-5-19-18/h3-6,13H,7-12H2,1-2H3. The summed E-state index contributed by atoms with van der Waals surface area (Å²) in [5.74, 6) is 1.60. The monoisotopic (exact) mass is 353 g/mol. The van der Waals surface area contributed by atoms with E-state index in [1.54, 1.807) is 0 Å². The summed E-state index contributed by atoms with van der Waals surface area (Å²) in [4.78, 5) is 9.32. The van der Waals surface area contributed by atoms with Gasteiger partial charge in [-0.15, -0.1) is 5.10 Å². The van der Waals surface area contributed by atoms with Crippen molar-refractivity contribution in [2.24, 2.45) is 0 Å². The summed E-state index contributed by atoms with van der Waals surface area (Å²) in [5.41, 5.74) is 2.97. The lowest BCUT2D eigenvalue weighted by molar-refractivity contribution is 0.196. The summed E-state index contributed by atoms with van der Waals surface area (Å²) in [6.45, 7) is 9.28. The van der Waals surface area contributed by atoms with Gasteiger partial charge in [0, 0.05) is 51.2 Å². The largest absolute Gasteiger partial charge is 0.475 e. The Hall–Kier alpha value is -2.74. The number of ether oxygens (including phenoxy) is 1. The van der Waals surface area contributed by atoms with Gasteiger partial charge in [0.05, 0.1) is 11.4 Å². The molecular formula is C18H23N7O. The molecule has 1 saturated heterocycles. The summed E-state index contributed by atoms with van der Waals surface area (Å²) in [5, 5.41) is 12.5. The van der Waals surface area contributed by atoms with E-state index in [4.69, 9.17) is 4.74 Å². The molecule has 3 aromatic rings. The highest BCUT2D eigenvalue weighted by Gasteiger charge is 2.20. The molecule has 136 valence electrons. The molecule has 0 amide bonds. The maximum Gasteiger partial charge on any atom is 0.233 e. The van der Waals surface area contributed by atoms with Gasteiger partial charge >= 0.3 is 0 Å². The Morgan fingerprint density at radius 2 is 1.88 bits per heavy atom. The van der Waals surface area contributed by atoms with Crippen molar-refractivity contribution in [2.75, 3.05) is 44.2 Å². The fourth-order valence-electron chi connectivity index (χ4n) is 3.20. The zero-order valence-electron chi connectivity index (χ0n) is 15.2. The van der Waals surface area contributed by atoms with Crippen LogP contribution in [0.3, 0.4) is 0 Å². The number of aromatic nitrogens is 5. The molecule has 0 bridgehead atoms. The van der Waals surface area contributed by atoms with E-state index in [2.05, 4.69) is 36.1 Å². The lowest BCUT2D eigenvalue weighted by Crippen LogP contribution is -2.47. The zero-order chi connectivity index (χ0) is 17.9. The van der Waals surface area contributed by atoms with Crippen LogP contribution in [0, 0.1) is 13.8 Å². The van der Waals surface area contributed by atoms with Gasteiger partial charge in [0.1, 0.15) is 12.1 Å². The predicted molar refractivity (Wildman–Crippen MR) is 98.6 cm³/mol. The molecule has 3 aromatic heterocycles. The highest BCUT2D eigenvalue weighted by molar-refractivity contribution is 5.69. The Morgan fingerprint density at radius 3 is 2.65 bits per heavy atom. The van der Waals surface area contributed by atoms with Gasteiger partial charge in [-0.05, 0) is 26.0 Å². The molecule has 4 heterocycles. The van der Waals surface area contributed by atoms with Gasteiger partial charge in [-0.3, -0.25) is 4.90 Å². The molecule has 0 saturated carbocycles. The summed E-state index contributed by atoms with van der Waals surface area (Å²) < 4.78 is 7.59. The minimum Gasteiger partial charge on any atom is -0.475 e. The first-order valence-corrected chi connectivity index (χ1v) is 8.90. The average molecular weight is 353 g/mol. The van der Waals surface area contributed by atoms with Crippen LogP contribution in [0.2, 0.25) is 0 Å². The third-order valence-electron chi connectivity index (χ3n) is 4.59. The molecule has 0 aliphatic carbocycles. The molecule has 26 heavy (non-hydrogen) atoms. The number of hydrogen-bond acceptors (Lipinski definition) is 7. The number of fused-ring (bicyclic) bond motifs is 1. The third kappa shape index (κ3) is 3.60. The van der Waals surface area contributed by atoms with Crippen molar-refractivity contribution >= 4 is 11.3 Å². The second-order valence-corrected chi connectivity index (χ2v) is 6.56. The number of anilines is 1. The smallest absolute Gasteiger partial charge is 0.233 e. The molecule has 0 N–H and O–H groups in total. The second kappa shape index (κ2) is 7.25. The maximum absolute atomic E-state index is 5.68. The van der Waals surface area contributed by atoms with Crippen LogP contribution in [-0.4, -0.2) is 69.0 Å². The SMILES string of the molecule is Cc1ccc(OCCN2CCN(c3nccn4nc(C)cc34)CC2)nn1. The zero-order valence-corrected chi connectivity index (χ0v) is 15.2. The molecule has 1 aliphatic heterocycles. The van der Waals surface area contributed by atoms with Gasteiger partial charge in [-0.1, -0.05) is 0 Å². The first-order valence-electron chi connectivity index (χ1n) is 8.90. The molecular weight excluding hydrogens is 330 g/mol. The number of piperazine rings is 1. The molecule has 0 spiro atoms. The Kier molecular flexibility index (Phi) is 4.66. The van der Waals surface area contributed by atoms with Crippen LogP contribution in [0.25, 0.3) is 5.52 Å². The quantitative estimate of drug-likeness (QED) is 0.685. The van der Waals surface area contributed by atoms with Crippen LogP contribution in [0.15, 0.2) is 30.6 Å². The van der Waals surface area contributed by atoms with Crippen molar-refractivity contribution in [2.45, 2.75) is 13.8 Å². The minimum atomic E-state index is 0.584. The van der Waals surface area contributed by atoms with Crippen molar-refractivity contribution in [3.8, 4) is 5.88 Å². The number of hydrogen-bond donors (Lipinski definition) is 0. The molecule has 0 unspecified atom stereocenters. The molecule has 8 nitrogen and oxygen atoms in total. The lowest BCUT2D eigenvalue weighted by Gasteiger charge is -2.35. The first-order chi connectivity index (χ1) is 12.7. The van der Waals surface area contributed by atoms with Crippen molar-refractivity contribution < 1.29 is 4.74 Å². The summed E-state index contributed by atoms with van der Waals surface area (Å²) in [7, 11) is 0. The van der Waals surface area contributed by atoms with E-state index >= 15 is 0 Å². The van der Waals surface area contributed by atoms with E-state index in [0.717, 1.165) is 55.4 Å². The second-order valence-electron chi connectivity index (χ2n) is 6.56. The Morgan fingerprint density at radius 1 is 1.04 bits per heavy atom. The number of aryl methyl sites for hydroxylation is 2. The van der Waals surface area contributed by atoms with E-state index < -0.39 is 0 Å². The molecule has 4 rings (SSSR count). The maximum atomic E-state index is 5.68. The van der Waals surface area contributed by atoms with Gasteiger partial charge in [-0.2, -0.15) is 10.2 Å². The summed E-state index contributed by atoms with van der Waals surface area (Å²) in [6, 6.07) is 5.86. The fraction of sp³-hybridized carbons (Fsp3) is 0.444. The van der Waals surface area contributed by atoms with Crippen LogP contribution in [0.4, 0.5) is 5.82 Å². The third-order valence-corrected chi connectivity index (χ3v) is 4.59. The van der Waals surface area contributed by atoms with Crippen molar-refractivity contribution in [1.29, 1.82) is 0 Å². The topological polar surface area (TPSA) is 71.7 Å².